The zero-order chi connectivity index (χ0) is 21.1. The van der Waals surface area contributed by atoms with Crippen LogP contribution in [0.4, 0.5) is 5.00 Å². The van der Waals surface area contributed by atoms with E-state index in [0.717, 1.165) is 28.0 Å². The fraction of sp³-hybridized carbons (Fsp3) is 0.409. The Balaban J connectivity index is 1.82. The van der Waals surface area contributed by atoms with Crippen molar-refractivity contribution < 1.29 is 23.9 Å². The first-order chi connectivity index (χ1) is 13.8. The molecule has 1 fully saturated rings. The van der Waals surface area contributed by atoms with Crippen LogP contribution in [0, 0.1) is 25.7 Å². The van der Waals surface area contributed by atoms with Crippen LogP contribution < -0.4 is 5.32 Å². The lowest BCUT2D eigenvalue weighted by atomic mass is 10.0. The van der Waals surface area contributed by atoms with Gasteiger partial charge in [0.1, 0.15) is 10.6 Å². The van der Waals surface area contributed by atoms with Crippen LogP contribution in [0.3, 0.4) is 0 Å². The largest absolute Gasteiger partial charge is 0.462 e. The van der Waals surface area contributed by atoms with E-state index in [-0.39, 0.29) is 25.1 Å². The van der Waals surface area contributed by atoms with E-state index in [4.69, 9.17) is 9.47 Å². The molecule has 0 unspecified atom stereocenters. The highest BCUT2D eigenvalue weighted by molar-refractivity contribution is 7.17. The number of carbonyl (C=O) groups is 3. The van der Waals surface area contributed by atoms with Gasteiger partial charge in [0.15, 0.2) is 6.61 Å². The van der Waals surface area contributed by atoms with Gasteiger partial charge in [0.25, 0.3) is 5.91 Å². The molecule has 1 N–H and O–H groups in total. The van der Waals surface area contributed by atoms with Crippen molar-refractivity contribution in [1.29, 1.82) is 0 Å². The van der Waals surface area contributed by atoms with Crippen molar-refractivity contribution in [1.82, 2.24) is 0 Å². The molecule has 1 aliphatic rings. The van der Waals surface area contributed by atoms with Gasteiger partial charge in [-0.25, -0.2) is 4.79 Å². The molecule has 7 heteroatoms. The minimum Gasteiger partial charge on any atom is -0.462 e. The summed E-state index contributed by atoms with van der Waals surface area (Å²) in [6.07, 6.45) is 0.803. The first-order valence-corrected chi connectivity index (χ1v) is 10.5. The molecule has 3 rings (SSSR count). The van der Waals surface area contributed by atoms with Gasteiger partial charge in [0.2, 0.25) is 0 Å². The lowest BCUT2D eigenvalue weighted by Gasteiger charge is -2.10. The van der Waals surface area contributed by atoms with E-state index in [0.29, 0.717) is 16.5 Å². The number of amides is 1. The number of anilines is 1. The molecule has 0 saturated heterocycles. The third-order valence-corrected chi connectivity index (χ3v) is 5.94. The van der Waals surface area contributed by atoms with E-state index in [9.17, 15) is 14.4 Å². The number of thiophene rings is 1. The van der Waals surface area contributed by atoms with E-state index >= 15 is 0 Å². The Morgan fingerprint density at radius 3 is 2.38 bits per heavy atom. The van der Waals surface area contributed by atoms with Crippen LogP contribution in [0.1, 0.15) is 41.1 Å². The van der Waals surface area contributed by atoms with E-state index in [1.165, 1.54) is 11.3 Å². The Morgan fingerprint density at radius 1 is 1.14 bits per heavy atom. The molecule has 2 atom stereocenters. The number of carbonyl (C=O) groups excluding carboxylic acids is 3. The van der Waals surface area contributed by atoms with Crippen LogP contribution in [0.25, 0.3) is 11.1 Å². The average molecular weight is 416 g/mol. The van der Waals surface area contributed by atoms with Gasteiger partial charge in [-0.15, -0.1) is 11.3 Å². The molecule has 2 aromatic rings. The van der Waals surface area contributed by atoms with Gasteiger partial charge in [-0.2, -0.15) is 0 Å². The summed E-state index contributed by atoms with van der Waals surface area (Å²) < 4.78 is 10.3. The summed E-state index contributed by atoms with van der Waals surface area (Å²) in [4.78, 5) is 37.7. The Kier molecular flexibility index (Phi) is 6.37. The molecular formula is C22H25NO5S. The highest BCUT2D eigenvalue weighted by Crippen LogP contribution is 2.41. The van der Waals surface area contributed by atoms with Crippen molar-refractivity contribution in [3.05, 3.63) is 40.3 Å². The van der Waals surface area contributed by atoms with Crippen LogP contribution in [0.5, 0.6) is 0 Å². The molecule has 1 aromatic carbocycles. The standard InChI is InChI=1S/C22H25NO5S/c1-5-27-22(26)19-18(15-8-6-12(2)7-9-15)14(4)29-20(19)23-17(24)11-28-21(25)16-10-13(16)3/h6-9,13,16H,5,10-11H2,1-4H3,(H,23,24)/t13-,16-/m0/s1. The summed E-state index contributed by atoms with van der Waals surface area (Å²) in [5.41, 5.74) is 3.06. The van der Waals surface area contributed by atoms with Crippen molar-refractivity contribution in [3.8, 4) is 11.1 Å². The zero-order valence-electron chi connectivity index (χ0n) is 17.0. The number of nitrogens with one attached hydrogen (secondary N) is 1. The molecule has 1 aliphatic carbocycles. The summed E-state index contributed by atoms with van der Waals surface area (Å²) in [5.74, 6) is -1.10. The second-order valence-electron chi connectivity index (χ2n) is 7.30. The van der Waals surface area contributed by atoms with Crippen LogP contribution in [-0.2, 0) is 19.1 Å². The maximum atomic E-state index is 12.7. The fourth-order valence-electron chi connectivity index (χ4n) is 3.16. The number of aryl methyl sites for hydroxylation is 2. The zero-order valence-corrected chi connectivity index (χ0v) is 17.9. The second-order valence-corrected chi connectivity index (χ2v) is 8.52. The third kappa shape index (κ3) is 4.85. The van der Waals surface area contributed by atoms with Gasteiger partial charge in [-0.3, -0.25) is 9.59 Å². The first-order valence-electron chi connectivity index (χ1n) is 9.65. The molecule has 29 heavy (non-hydrogen) atoms. The van der Waals surface area contributed by atoms with E-state index in [1.54, 1.807) is 6.92 Å². The van der Waals surface area contributed by atoms with Gasteiger partial charge in [0, 0.05) is 10.4 Å². The Hall–Kier alpha value is -2.67. The van der Waals surface area contributed by atoms with Gasteiger partial charge in [0.05, 0.1) is 12.5 Å². The molecule has 154 valence electrons. The SMILES string of the molecule is CCOC(=O)c1c(NC(=O)COC(=O)[C@H]2C[C@@H]2C)sc(C)c1-c1ccc(C)cc1. The lowest BCUT2D eigenvalue weighted by molar-refractivity contribution is -0.148. The van der Waals surface area contributed by atoms with E-state index in [1.807, 2.05) is 45.0 Å². The van der Waals surface area contributed by atoms with E-state index < -0.39 is 11.9 Å². The number of rotatable bonds is 7. The maximum absolute atomic E-state index is 12.7. The number of ether oxygens (including phenoxy) is 2. The molecule has 0 spiro atoms. The molecule has 0 aliphatic heterocycles. The number of hydrogen-bond donors (Lipinski definition) is 1. The molecule has 1 amide bonds. The van der Waals surface area contributed by atoms with Crippen LogP contribution in [0.15, 0.2) is 24.3 Å². The number of esters is 2. The Labute approximate surface area is 174 Å². The Bertz CT molecular complexity index is 931. The van der Waals surface area contributed by atoms with Crippen molar-refractivity contribution in [2.45, 2.75) is 34.1 Å². The second kappa shape index (κ2) is 8.78. The predicted octanol–water partition coefficient (Wildman–Crippen LogP) is 4.35. The van der Waals surface area contributed by atoms with Crippen LogP contribution in [0.2, 0.25) is 0 Å². The Morgan fingerprint density at radius 2 is 1.79 bits per heavy atom. The molecule has 1 heterocycles. The van der Waals surface area contributed by atoms with Gasteiger partial charge in [-0.1, -0.05) is 36.8 Å². The average Bonchev–Trinajstić information content (AvgIpc) is 3.32. The summed E-state index contributed by atoms with van der Waals surface area (Å²) in [6.45, 7) is 7.45. The smallest absolute Gasteiger partial charge is 0.341 e. The predicted molar refractivity (Wildman–Crippen MR) is 112 cm³/mol. The summed E-state index contributed by atoms with van der Waals surface area (Å²) >= 11 is 1.30. The molecule has 0 bridgehead atoms. The first kappa shape index (κ1) is 21.0. The molecule has 1 saturated carbocycles. The van der Waals surface area contributed by atoms with Crippen LogP contribution in [-0.4, -0.2) is 31.1 Å². The minimum absolute atomic E-state index is 0.102. The summed E-state index contributed by atoms with van der Waals surface area (Å²) in [7, 11) is 0. The van der Waals surface area contributed by atoms with Crippen molar-refractivity contribution >= 4 is 34.2 Å². The molecule has 1 aromatic heterocycles. The topological polar surface area (TPSA) is 81.7 Å². The molecular weight excluding hydrogens is 390 g/mol. The van der Waals surface area contributed by atoms with Crippen LogP contribution >= 0.6 is 11.3 Å². The monoisotopic (exact) mass is 415 g/mol. The molecule has 6 nitrogen and oxygen atoms in total. The van der Waals surface area contributed by atoms with E-state index in [2.05, 4.69) is 5.32 Å². The van der Waals surface area contributed by atoms with Gasteiger partial charge < -0.3 is 14.8 Å². The van der Waals surface area contributed by atoms with Crippen molar-refractivity contribution in [2.75, 3.05) is 18.5 Å². The highest BCUT2D eigenvalue weighted by Gasteiger charge is 2.40. The minimum atomic E-state index is -0.494. The number of hydrogen-bond acceptors (Lipinski definition) is 6. The number of benzene rings is 1. The third-order valence-electron chi connectivity index (χ3n) is 4.91. The van der Waals surface area contributed by atoms with Crippen molar-refractivity contribution in [3.63, 3.8) is 0 Å². The molecule has 0 radical (unpaired) electrons. The summed E-state index contributed by atoms with van der Waals surface area (Å²) in [5, 5.41) is 3.12. The highest BCUT2D eigenvalue weighted by atomic mass is 32.1. The quantitative estimate of drug-likeness (QED) is 0.680. The van der Waals surface area contributed by atoms with Gasteiger partial charge in [-0.05, 0) is 38.7 Å². The van der Waals surface area contributed by atoms with Crippen molar-refractivity contribution in [2.24, 2.45) is 11.8 Å². The lowest BCUT2D eigenvalue weighted by Crippen LogP contribution is -2.22. The summed E-state index contributed by atoms with van der Waals surface area (Å²) in [6, 6.07) is 7.82. The normalized spacial score (nSPS) is 17.5. The van der Waals surface area contributed by atoms with Gasteiger partial charge >= 0.3 is 11.9 Å². The fourth-order valence-corrected chi connectivity index (χ4v) is 4.24. The maximum Gasteiger partial charge on any atom is 0.341 e.